The van der Waals surface area contributed by atoms with Gasteiger partial charge in [0.1, 0.15) is 11.9 Å². The van der Waals surface area contributed by atoms with Gasteiger partial charge in [-0.3, -0.25) is 0 Å². The Kier molecular flexibility index (Phi) is 4.51. The number of rotatable bonds is 4. The summed E-state index contributed by atoms with van der Waals surface area (Å²) in [7, 11) is 0. The van der Waals surface area contributed by atoms with Crippen molar-refractivity contribution < 1.29 is 14.2 Å². The summed E-state index contributed by atoms with van der Waals surface area (Å²) in [5.74, 6) is -0.377. The van der Waals surface area contributed by atoms with Gasteiger partial charge in [-0.1, -0.05) is 6.07 Å². The monoisotopic (exact) mass is 262 g/mol. The maximum Gasteiger partial charge on any atom is 0.137 e. The van der Waals surface area contributed by atoms with Gasteiger partial charge in [-0.25, -0.2) is 4.39 Å². The van der Waals surface area contributed by atoms with E-state index >= 15 is 0 Å². The molecule has 2 nitrogen and oxygen atoms in total. The molecule has 4 heteroatoms. The van der Waals surface area contributed by atoms with Crippen LogP contribution in [0.4, 0.5) is 4.39 Å². The molecule has 1 aromatic rings. The summed E-state index contributed by atoms with van der Waals surface area (Å²) >= 11 is 3.04. The molecule has 0 spiro atoms. The lowest BCUT2D eigenvalue weighted by Crippen LogP contribution is -2.07. The molecule has 1 N–H and O–H groups in total. The standard InChI is InChI=1S/C10H12BrFO2/c1-2-14-6-10(13)7-3-4-8(11)9(12)5-7/h3-5,10,13H,2,6H2,1H3. The molecular weight excluding hydrogens is 251 g/mol. The number of aliphatic hydroxyl groups is 1. The van der Waals surface area contributed by atoms with Crippen LogP contribution in [0.15, 0.2) is 22.7 Å². The van der Waals surface area contributed by atoms with Crippen molar-refractivity contribution in [2.45, 2.75) is 13.0 Å². The molecular formula is C10H12BrFO2. The van der Waals surface area contributed by atoms with Crippen LogP contribution in [-0.4, -0.2) is 18.3 Å². The minimum atomic E-state index is -0.766. The molecule has 0 fully saturated rings. The summed E-state index contributed by atoms with van der Waals surface area (Å²) in [4.78, 5) is 0. The van der Waals surface area contributed by atoms with Crippen LogP contribution in [0.1, 0.15) is 18.6 Å². The normalized spacial score (nSPS) is 12.9. The lowest BCUT2D eigenvalue weighted by molar-refractivity contribution is 0.0418. The summed E-state index contributed by atoms with van der Waals surface area (Å²) in [6.07, 6.45) is -0.766. The first-order valence-corrected chi connectivity index (χ1v) is 5.15. The molecule has 78 valence electrons. The van der Waals surface area contributed by atoms with Crippen molar-refractivity contribution >= 4 is 15.9 Å². The van der Waals surface area contributed by atoms with Gasteiger partial charge in [0.25, 0.3) is 0 Å². The van der Waals surface area contributed by atoms with E-state index in [-0.39, 0.29) is 12.4 Å². The summed E-state index contributed by atoms with van der Waals surface area (Å²) < 4.78 is 18.5. The Morgan fingerprint density at radius 3 is 2.86 bits per heavy atom. The van der Waals surface area contributed by atoms with Gasteiger partial charge in [-0.15, -0.1) is 0 Å². The SMILES string of the molecule is CCOCC(O)c1ccc(Br)c(F)c1. The average Bonchev–Trinajstić information content (AvgIpc) is 2.18. The molecule has 0 aliphatic carbocycles. The van der Waals surface area contributed by atoms with E-state index in [1.54, 1.807) is 12.1 Å². The van der Waals surface area contributed by atoms with E-state index in [0.717, 1.165) is 0 Å². The highest BCUT2D eigenvalue weighted by Gasteiger charge is 2.09. The van der Waals surface area contributed by atoms with Crippen molar-refractivity contribution in [2.75, 3.05) is 13.2 Å². The van der Waals surface area contributed by atoms with Crippen LogP contribution in [0.3, 0.4) is 0 Å². The second-order valence-corrected chi connectivity index (χ2v) is 3.70. The van der Waals surface area contributed by atoms with Crippen molar-refractivity contribution in [1.82, 2.24) is 0 Å². The summed E-state index contributed by atoms with van der Waals surface area (Å²) in [6, 6.07) is 4.53. The van der Waals surface area contributed by atoms with Crippen molar-refractivity contribution in [2.24, 2.45) is 0 Å². The number of ether oxygens (including phenoxy) is 1. The zero-order valence-electron chi connectivity index (χ0n) is 7.84. The van der Waals surface area contributed by atoms with Gasteiger partial charge in [-0.05, 0) is 40.5 Å². The quantitative estimate of drug-likeness (QED) is 0.904. The largest absolute Gasteiger partial charge is 0.386 e. The summed E-state index contributed by atoms with van der Waals surface area (Å²) in [5.41, 5.74) is 0.527. The van der Waals surface area contributed by atoms with E-state index in [1.807, 2.05) is 6.92 Å². The average molecular weight is 263 g/mol. The van der Waals surface area contributed by atoms with Crippen LogP contribution < -0.4 is 0 Å². The highest BCUT2D eigenvalue weighted by atomic mass is 79.9. The van der Waals surface area contributed by atoms with Crippen LogP contribution >= 0.6 is 15.9 Å². The first-order valence-electron chi connectivity index (χ1n) is 4.36. The third kappa shape index (κ3) is 3.04. The fraction of sp³-hybridized carbons (Fsp3) is 0.400. The minimum absolute atomic E-state index is 0.192. The molecule has 1 rings (SSSR count). The van der Waals surface area contributed by atoms with Crippen molar-refractivity contribution in [3.8, 4) is 0 Å². The number of halogens is 2. The minimum Gasteiger partial charge on any atom is -0.386 e. The van der Waals surface area contributed by atoms with E-state index < -0.39 is 6.10 Å². The molecule has 0 saturated carbocycles. The Bertz CT molecular complexity index is 304. The molecule has 1 atom stereocenters. The molecule has 1 unspecified atom stereocenters. The first-order chi connectivity index (χ1) is 6.65. The predicted molar refractivity (Wildman–Crippen MR) is 55.6 cm³/mol. The number of aliphatic hydroxyl groups excluding tert-OH is 1. The lowest BCUT2D eigenvalue weighted by Gasteiger charge is -2.10. The molecule has 1 aromatic carbocycles. The van der Waals surface area contributed by atoms with Crippen LogP contribution in [-0.2, 0) is 4.74 Å². The molecule has 0 aliphatic heterocycles. The Labute approximate surface area is 90.8 Å². The number of hydrogen-bond donors (Lipinski definition) is 1. The Morgan fingerprint density at radius 1 is 1.57 bits per heavy atom. The van der Waals surface area contributed by atoms with E-state index in [0.29, 0.717) is 16.6 Å². The number of benzene rings is 1. The zero-order chi connectivity index (χ0) is 10.6. The van der Waals surface area contributed by atoms with Gasteiger partial charge in [0, 0.05) is 6.61 Å². The molecule has 0 heterocycles. The first kappa shape index (κ1) is 11.6. The van der Waals surface area contributed by atoms with E-state index in [9.17, 15) is 9.50 Å². The van der Waals surface area contributed by atoms with Gasteiger partial charge in [0.2, 0.25) is 0 Å². The van der Waals surface area contributed by atoms with Gasteiger partial charge < -0.3 is 9.84 Å². The third-order valence-electron chi connectivity index (χ3n) is 1.81. The maximum atomic E-state index is 13.1. The Morgan fingerprint density at radius 2 is 2.29 bits per heavy atom. The van der Waals surface area contributed by atoms with Gasteiger partial charge in [0.05, 0.1) is 11.1 Å². The lowest BCUT2D eigenvalue weighted by atomic mass is 10.1. The summed E-state index contributed by atoms with van der Waals surface area (Å²) in [6.45, 7) is 2.57. The zero-order valence-corrected chi connectivity index (χ0v) is 9.42. The Balaban J connectivity index is 2.70. The fourth-order valence-corrected chi connectivity index (χ4v) is 1.29. The fourth-order valence-electron chi connectivity index (χ4n) is 1.05. The molecule has 0 radical (unpaired) electrons. The van der Waals surface area contributed by atoms with E-state index in [4.69, 9.17) is 4.74 Å². The van der Waals surface area contributed by atoms with Crippen LogP contribution in [0.2, 0.25) is 0 Å². The third-order valence-corrected chi connectivity index (χ3v) is 2.45. The second kappa shape index (κ2) is 5.44. The molecule has 0 saturated heterocycles. The van der Waals surface area contributed by atoms with Crippen molar-refractivity contribution in [1.29, 1.82) is 0 Å². The second-order valence-electron chi connectivity index (χ2n) is 2.85. The van der Waals surface area contributed by atoms with Gasteiger partial charge in [0.15, 0.2) is 0 Å². The number of hydrogen-bond acceptors (Lipinski definition) is 2. The van der Waals surface area contributed by atoms with E-state index in [2.05, 4.69) is 15.9 Å². The van der Waals surface area contributed by atoms with Gasteiger partial charge in [-0.2, -0.15) is 0 Å². The maximum absolute atomic E-state index is 13.1. The molecule has 0 aromatic heterocycles. The molecule has 0 aliphatic rings. The van der Waals surface area contributed by atoms with Crippen molar-refractivity contribution in [3.63, 3.8) is 0 Å². The highest BCUT2D eigenvalue weighted by molar-refractivity contribution is 9.10. The molecule has 14 heavy (non-hydrogen) atoms. The molecule has 0 amide bonds. The van der Waals surface area contributed by atoms with Crippen LogP contribution in [0.5, 0.6) is 0 Å². The highest BCUT2D eigenvalue weighted by Crippen LogP contribution is 2.20. The van der Waals surface area contributed by atoms with Crippen molar-refractivity contribution in [3.05, 3.63) is 34.1 Å². The molecule has 0 bridgehead atoms. The van der Waals surface area contributed by atoms with Crippen LogP contribution in [0, 0.1) is 5.82 Å². The van der Waals surface area contributed by atoms with Gasteiger partial charge >= 0.3 is 0 Å². The van der Waals surface area contributed by atoms with Crippen LogP contribution in [0.25, 0.3) is 0 Å². The van der Waals surface area contributed by atoms with E-state index in [1.165, 1.54) is 6.07 Å². The Hall–Kier alpha value is -0.450. The predicted octanol–water partition coefficient (Wildman–Crippen LogP) is 2.66. The smallest absolute Gasteiger partial charge is 0.137 e. The topological polar surface area (TPSA) is 29.5 Å². The summed E-state index contributed by atoms with van der Waals surface area (Å²) in [5, 5.41) is 9.56.